The van der Waals surface area contributed by atoms with Gasteiger partial charge in [-0.05, 0) is 74.7 Å². The van der Waals surface area contributed by atoms with Crippen LogP contribution < -0.4 is 16.0 Å². The predicted molar refractivity (Wildman–Crippen MR) is 139 cm³/mol. The largest absolute Gasteiger partial charge is 0.388 e. The van der Waals surface area contributed by atoms with E-state index in [2.05, 4.69) is 71.6 Å². The molecule has 0 bridgehead atoms. The predicted octanol–water partition coefficient (Wildman–Crippen LogP) is 7.21. The van der Waals surface area contributed by atoms with Gasteiger partial charge < -0.3 is 16.0 Å². The minimum absolute atomic E-state index is 0.519. The van der Waals surface area contributed by atoms with Crippen molar-refractivity contribution in [2.75, 3.05) is 30.0 Å². The molecule has 1 aliphatic rings. The van der Waals surface area contributed by atoms with Gasteiger partial charge >= 0.3 is 0 Å². The van der Waals surface area contributed by atoms with Crippen LogP contribution in [-0.4, -0.2) is 31.8 Å². The summed E-state index contributed by atoms with van der Waals surface area (Å²) in [4.78, 5) is 8.49. The van der Waals surface area contributed by atoms with Crippen LogP contribution in [0.4, 0.5) is 23.0 Å². The molecule has 1 aliphatic carbocycles. The van der Waals surface area contributed by atoms with Gasteiger partial charge in [0.15, 0.2) is 5.82 Å². The van der Waals surface area contributed by atoms with E-state index in [1.807, 2.05) is 40.1 Å². The second-order valence-corrected chi connectivity index (χ2v) is 7.88. The van der Waals surface area contributed by atoms with Crippen molar-refractivity contribution >= 4 is 29.7 Å². The normalized spacial score (nSPS) is 13.4. The van der Waals surface area contributed by atoms with Gasteiger partial charge in [0.05, 0.1) is 0 Å². The Hall–Kier alpha value is -2.56. The number of pyridine rings is 1. The van der Waals surface area contributed by atoms with E-state index in [0.717, 1.165) is 29.7 Å². The summed E-state index contributed by atoms with van der Waals surface area (Å²) in [5.74, 6) is 2.61. The molecule has 1 saturated carbocycles. The summed E-state index contributed by atoms with van der Waals surface area (Å²) in [5.41, 5.74) is 4.60. The van der Waals surface area contributed by atoms with Crippen molar-refractivity contribution < 1.29 is 0 Å². The fraction of sp³-hybridized carbons (Fsp3) is 0.538. The lowest BCUT2D eigenvalue weighted by atomic mass is 9.80. The first kappa shape index (κ1) is 26.5. The molecule has 0 radical (unpaired) electrons. The van der Waals surface area contributed by atoms with Gasteiger partial charge in [0.25, 0.3) is 0 Å². The number of aryl methyl sites for hydroxylation is 2. The molecule has 0 spiro atoms. The minimum Gasteiger partial charge on any atom is -0.388 e. The van der Waals surface area contributed by atoms with E-state index < -0.39 is 0 Å². The molecule has 1 unspecified atom stereocenters. The molecule has 0 aliphatic heterocycles. The van der Waals surface area contributed by atoms with Crippen molar-refractivity contribution in [3.05, 3.63) is 41.5 Å². The molecule has 1 aromatic carbocycles. The van der Waals surface area contributed by atoms with Gasteiger partial charge in [-0.1, -0.05) is 46.1 Å². The maximum absolute atomic E-state index is 4.54. The first-order valence-electron chi connectivity index (χ1n) is 11.7. The van der Waals surface area contributed by atoms with Crippen LogP contribution in [0.25, 0.3) is 0 Å². The third-order valence-corrected chi connectivity index (χ3v) is 5.48. The van der Waals surface area contributed by atoms with Crippen molar-refractivity contribution in [2.24, 2.45) is 10.9 Å². The highest BCUT2D eigenvalue weighted by atomic mass is 15.1. The van der Waals surface area contributed by atoms with E-state index in [1.54, 1.807) is 0 Å². The molecule has 0 saturated heterocycles. The first-order chi connectivity index (χ1) is 15.0. The Labute approximate surface area is 190 Å². The molecule has 1 fully saturated rings. The Balaban J connectivity index is 0.000000337. The quantitative estimate of drug-likeness (QED) is 0.391. The standard InChI is InChI=1S/C15H24N4.C9H13N.C2H6/c1-4-12(10-11-6-5-7-11)18-14-9-8-13(16-2)15(17-3)19-14;1-7-4-8(2)6-9(5-7)10-3;1-2/h8-9,11-12H,2,4-7,10H2,1,3H3,(H2,17,18,19);4-6,10H,1-3H3;1-2H3. The lowest BCUT2D eigenvalue weighted by Crippen LogP contribution is -2.25. The summed E-state index contributed by atoms with van der Waals surface area (Å²) >= 11 is 0. The third-order valence-electron chi connectivity index (χ3n) is 5.48. The molecule has 5 nitrogen and oxygen atoms in total. The Kier molecular flexibility index (Phi) is 12.3. The SMILES string of the molecule is C=Nc1ccc(NC(CC)CC2CCC2)nc1NC.CC.CNc1cc(C)cc(C)c1. The molecule has 3 N–H and O–H groups in total. The summed E-state index contributed by atoms with van der Waals surface area (Å²) in [6.45, 7) is 14.0. The average Bonchev–Trinajstić information content (AvgIpc) is 2.76. The van der Waals surface area contributed by atoms with Crippen molar-refractivity contribution in [1.82, 2.24) is 4.98 Å². The van der Waals surface area contributed by atoms with E-state index in [9.17, 15) is 0 Å². The zero-order chi connectivity index (χ0) is 23.2. The molecular formula is C26H43N5. The average molecular weight is 426 g/mol. The maximum Gasteiger partial charge on any atom is 0.154 e. The molecule has 1 atom stereocenters. The summed E-state index contributed by atoms with van der Waals surface area (Å²) in [7, 11) is 3.79. The van der Waals surface area contributed by atoms with E-state index >= 15 is 0 Å². The van der Waals surface area contributed by atoms with Crippen molar-refractivity contribution in [1.29, 1.82) is 0 Å². The van der Waals surface area contributed by atoms with Crippen LogP contribution in [0.1, 0.15) is 64.0 Å². The topological polar surface area (TPSA) is 61.3 Å². The van der Waals surface area contributed by atoms with Crippen LogP contribution in [0.3, 0.4) is 0 Å². The summed E-state index contributed by atoms with van der Waals surface area (Å²) in [6, 6.07) is 10.9. The van der Waals surface area contributed by atoms with Crippen molar-refractivity contribution in [3.63, 3.8) is 0 Å². The van der Waals surface area contributed by atoms with E-state index in [4.69, 9.17) is 0 Å². The monoisotopic (exact) mass is 425 g/mol. The van der Waals surface area contributed by atoms with Crippen molar-refractivity contribution in [3.8, 4) is 0 Å². The van der Waals surface area contributed by atoms with E-state index in [0.29, 0.717) is 6.04 Å². The minimum atomic E-state index is 0.519. The van der Waals surface area contributed by atoms with Gasteiger partial charge in [-0.25, -0.2) is 4.98 Å². The second-order valence-electron chi connectivity index (χ2n) is 7.88. The molecule has 3 rings (SSSR count). The van der Waals surface area contributed by atoms with Gasteiger partial charge in [0.1, 0.15) is 11.5 Å². The van der Waals surface area contributed by atoms with E-state index in [-0.39, 0.29) is 0 Å². The first-order valence-corrected chi connectivity index (χ1v) is 11.7. The van der Waals surface area contributed by atoms with Gasteiger partial charge in [-0.3, -0.25) is 4.99 Å². The smallest absolute Gasteiger partial charge is 0.154 e. The fourth-order valence-electron chi connectivity index (χ4n) is 3.63. The van der Waals surface area contributed by atoms with Crippen LogP contribution in [0.5, 0.6) is 0 Å². The molecule has 1 aromatic heterocycles. The number of benzene rings is 1. The zero-order valence-corrected chi connectivity index (χ0v) is 20.7. The number of aliphatic imine (C=N–C) groups is 1. The number of rotatable bonds is 8. The van der Waals surface area contributed by atoms with E-state index in [1.165, 1.54) is 42.5 Å². The maximum atomic E-state index is 4.54. The van der Waals surface area contributed by atoms with Crippen LogP contribution in [0.2, 0.25) is 0 Å². The van der Waals surface area contributed by atoms with Crippen LogP contribution >= 0.6 is 0 Å². The molecular weight excluding hydrogens is 382 g/mol. The highest BCUT2D eigenvalue weighted by Gasteiger charge is 2.21. The van der Waals surface area contributed by atoms with Crippen LogP contribution in [0, 0.1) is 19.8 Å². The number of nitrogens with one attached hydrogen (secondary N) is 3. The number of nitrogens with zero attached hydrogens (tertiary/aromatic N) is 2. The van der Waals surface area contributed by atoms with Crippen molar-refractivity contribution in [2.45, 2.75) is 72.8 Å². The highest BCUT2D eigenvalue weighted by Crippen LogP contribution is 2.32. The number of hydrogen-bond donors (Lipinski definition) is 3. The molecule has 0 amide bonds. The third kappa shape index (κ3) is 8.99. The molecule has 1 heterocycles. The summed E-state index contributed by atoms with van der Waals surface area (Å²) in [6.07, 6.45) is 6.59. The summed E-state index contributed by atoms with van der Waals surface area (Å²) < 4.78 is 0. The lowest BCUT2D eigenvalue weighted by molar-refractivity contribution is 0.279. The second kappa shape index (κ2) is 14.4. The Morgan fingerprint density at radius 3 is 2.16 bits per heavy atom. The van der Waals surface area contributed by atoms with Crippen LogP contribution in [-0.2, 0) is 0 Å². The summed E-state index contributed by atoms with van der Waals surface area (Å²) in [5, 5.41) is 9.71. The Bertz CT molecular complexity index is 763. The van der Waals surface area contributed by atoms with Crippen LogP contribution in [0.15, 0.2) is 35.3 Å². The molecule has 5 heteroatoms. The van der Waals surface area contributed by atoms with Gasteiger partial charge in [-0.15, -0.1) is 0 Å². The molecule has 2 aromatic rings. The Morgan fingerprint density at radius 2 is 1.71 bits per heavy atom. The number of hydrogen-bond acceptors (Lipinski definition) is 5. The number of anilines is 3. The number of aromatic nitrogens is 1. The Morgan fingerprint density at radius 1 is 1.06 bits per heavy atom. The zero-order valence-electron chi connectivity index (χ0n) is 20.7. The fourth-order valence-corrected chi connectivity index (χ4v) is 3.63. The van der Waals surface area contributed by atoms with Gasteiger partial charge in [0.2, 0.25) is 0 Å². The van der Waals surface area contributed by atoms with Gasteiger partial charge in [-0.2, -0.15) is 0 Å². The van der Waals surface area contributed by atoms with Gasteiger partial charge in [0, 0.05) is 25.8 Å². The molecule has 172 valence electrons. The highest BCUT2D eigenvalue weighted by molar-refractivity contribution is 5.66. The molecule has 31 heavy (non-hydrogen) atoms. The lowest BCUT2D eigenvalue weighted by Gasteiger charge is -2.30.